The molecule has 4 heterocycles. The summed E-state index contributed by atoms with van der Waals surface area (Å²) in [6.07, 6.45) is 0. The highest BCUT2D eigenvalue weighted by molar-refractivity contribution is 6.24. The Morgan fingerprint density at radius 2 is 0.797 bits per heavy atom. The predicted molar refractivity (Wildman–Crippen MR) is 247 cm³/mol. The molecule has 4 aromatic heterocycles. The summed E-state index contributed by atoms with van der Waals surface area (Å²) >= 11 is 0. The van der Waals surface area contributed by atoms with Crippen molar-refractivity contribution in [2.24, 2.45) is 0 Å². The van der Waals surface area contributed by atoms with E-state index in [1.807, 2.05) is 19.9 Å². The van der Waals surface area contributed by atoms with Crippen LogP contribution in [-0.2, 0) is 0 Å². The topological polar surface area (TPSA) is 40.6 Å². The summed E-state index contributed by atoms with van der Waals surface area (Å²) in [7, 11) is 0. The highest BCUT2D eigenvalue weighted by Gasteiger charge is 2.23. The zero-order valence-electron chi connectivity index (χ0n) is 32.8. The Labute approximate surface area is 341 Å². The van der Waals surface area contributed by atoms with Gasteiger partial charge in [0.2, 0.25) is 0 Å². The number of nitrogens with zero attached hydrogens (tertiary/aromatic N) is 5. The van der Waals surface area contributed by atoms with Crippen molar-refractivity contribution in [3.8, 4) is 39.8 Å². The maximum atomic E-state index is 5.39. The number of aromatic nitrogens is 5. The smallest absolute Gasteiger partial charge is 0.162 e. The standard InChI is InChI=1S/C52H33N5.C2H6/c1-3-17-34(18-4-1)52-53-43(33-49(54-52)56-45-27-13-7-21-36(45)37-22-8-14-28-46(37)56)42-25-11-16-30-48(42)57-47-29-15-10-24-39(47)41-32-31-40-38-23-9-12-26-44(38)55(50(40)51(41)57)35-19-5-2-6-20-35;1-2/h1-33H;1-2H3. The van der Waals surface area contributed by atoms with Crippen molar-refractivity contribution < 1.29 is 0 Å². The molecular weight excluding hydrogens is 719 g/mol. The summed E-state index contributed by atoms with van der Waals surface area (Å²) in [4.78, 5) is 10.7. The van der Waals surface area contributed by atoms with Crippen molar-refractivity contribution in [3.63, 3.8) is 0 Å². The van der Waals surface area contributed by atoms with Gasteiger partial charge in [0.25, 0.3) is 0 Å². The van der Waals surface area contributed by atoms with E-state index in [-0.39, 0.29) is 0 Å². The number of fused-ring (bicyclic) bond motifs is 10. The number of para-hydroxylation sites is 6. The van der Waals surface area contributed by atoms with Gasteiger partial charge in [-0.3, -0.25) is 4.57 Å². The van der Waals surface area contributed by atoms with E-state index in [9.17, 15) is 0 Å². The summed E-state index contributed by atoms with van der Waals surface area (Å²) in [6, 6.07) is 71.2. The van der Waals surface area contributed by atoms with Crippen LogP contribution in [0.25, 0.3) is 105 Å². The number of hydrogen-bond donors (Lipinski definition) is 0. The van der Waals surface area contributed by atoms with Gasteiger partial charge in [-0.2, -0.15) is 0 Å². The van der Waals surface area contributed by atoms with E-state index in [0.717, 1.165) is 56.1 Å². The fraction of sp³-hybridized carbons (Fsp3) is 0.0370. The minimum atomic E-state index is 0.675. The summed E-state index contributed by atoms with van der Waals surface area (Å²) in [5.41, 5.74) is 11.8. The average Bonchev–Trinajstić information content (AvgIpc) is 3.96. The Morgan fingerprint density at radius 3 is 1.39 bits per heavy atom. The minimum Gasteiger partial charge on any atom is -0.307 e. The number of rotatable bonds is 5. The normalized spacial score (nSPS) is 11.6. The first-order valence-electron chi connectivity index (χ1n) is 20.4. The van der Waals surface area contributed by atoms with Crippen LogP contribution in [0.1, 0.15) is 13.8 Å². The van der Waals surface area contributed by atoms with Gasteiger partial charge in [-0.05, 0) is 42.5 Å². The quantitative estimate of drug-likeness (QED) is 0.175. The fourth-order valence-electron chi connectivity index (χ4n) is 9.05. The first kappa shape index (κ1) is 34.5. The van der Waals surface area contributed by atoms with Crippen molar-refractivity contribution in [2.75, 3.05) is 0 Å². The molecule has 0 radical (unpaired) electrons. The van der Waals surface area contributed by atoms with Crippen LogP contribution >= 0.6 is 0 Å². The summed E-state index contributed by atoms with van der Waals surface area (Å²) in [5, 5.41) is 7.23. The lowest BCUT2D eigenvalue weighted by Gasteiger charge is -2.17. The second-order valence-electron chi connectivity index (χ2n) is 14.6. The third-order valence-electron chi connectivity index (χ3n) is 11.5. The maximum Gasteiger partial charge on any atom is 0.162 e. The van der Waals surface area contributed by atoms with Crippen LogP contribution in [0.2, 0.25) is 0 Å². The lowest BCUT2D eigenvalue weighted by Crippen LogP contribution is -2.04. The first-order valence-corrected chi connectivity index (χ1v) is 20.4. The van der Waals surface area contributed by atoms with Crippen LogP contribution in [0.15, 0.2) is 200 Å². The van der Waals surface area contributed by atoms with Crippen molar-refractivity contribution in [2.45, 2.75) is 13.8 Å². The Bertz CT molecular complexity index is 3460. The number of benzene rings is 8. The van der Waals surface area contributed by atoms with Gasteiger partial charge < -0.3 is 9.13 Å². The van der Waals surface area contributed by atoms with Gasteiger partial charge in [-0.25, -0.2) is 9.97 Å². The van der Waals surface area contributed by atoms with Gasteiger partial charge in [-0.1, -0.05) is 166 Å². The van der Waals surface area contributed by atoms with E-state index in [1.54, 1.807) is 0 Å². The van der Waals surface area contributed by atoms with Crippen molar-refractivity contribution in [1.82, 2.24) is 23.7 Å². The maximum absolute atomic E-state index is 5.39. The van der Waals surface area contributed by atoms with Crippen molar-refractivity contribution in [3.05, 3.63) is 200 Å². The first-order chi connectivity index (χ1) is 29.3. The van der Waals surface area contributed by atoms with Gasteiger partial charge in [0.05, 0.1) is 44.5 Å². The molecule has 0 N–H and O–H groups in total. The zero-order valence-corrected chi connectivity index (χ0v) is 32.8. The van der Waals surface area contributed by atoms with Crippen LogP contribution in [0, 0.1) is 0 Å². The molecule has 0 saturated heterocycles. The van der Waals surface area contributed by atoms with Gasteiger partial charge >= 0.3 is 0 Å². The summed E-state index contributed by atoms with van der Waals surface area (Å²) in [5.74, 6) is 1.49. The third-order valence-corrected chi connectivity index (χ3v) is 11.5. The molecule has 0 aliphatic rings. The molecule has 0 spiro atoms. The zero-order chi connectivity index (χ0) is 39.5. The van der Waals surface area contributed by atoms with Gasteiger partial charge in [0.1, 0.15) is 5.82 Å². The molecule has 12 rings (SSSR count). The molecule has 0 amide bonds. The molecule has 0 saturated carbocycles. The second kappa shape index (κ2) is 14.0. The molecule has 0 aliphatic carbocycles. The Morgan fingerprint density at radius 1 is 0.356 bits per heavy atom. The van der Waals surface area contributed by atoms with E-state index in [1.165, 1.54) is 43.4 Å². The van der Waals surface area contributed by atoms with Crippen LogP contribution in [0.4, 0.5) is 0 Å². The van der Waals surface area contributed by atoms with E-state index in [4.69, 9.17) is 9.97 Å². The Kier molecular flexibility index (Phi) is 8.19. The molecule has 0 unspecified atom stereocenters. The average molecular weight is 758 g/mol. The van der Waals surface area contributed by atoms with Gasteiger partial charge in [0.15, 0.2) is 5.82 Å². The van der Waals surface area contributed by atoms with Gasteiger partial charge in [-0.15, -0.1) is 0 Å². The molecule has 0 bridgehead atoms. The minimum absolute atomic E-state index is 0.675. The van der Waals surface area contributed by atoms with E-state index in [2.05, 4.69) is 208 Å². The molecule has 59 heavy (non-hydrogen) atoms. The molecule has 12 aromatic rings. The Balaban J connectivity index is 0.00000196. The monoisotopic (exact) mass is 757 g/mol. The van der Waals surface area contributed by atoms with E-state index >= 15 is 0 Å². The SMILES string of the molecule is CC.c1ccc(-c2nc(-c3ccccc3-n3c4ccccc4c4ccc5c6ccccc6n(-c6ccccc6)c5c43)cc(-n3c4ccccc4c4ccccc43)n2)cc1. The fourth-order valence-corrected chi connectivity index (χ4v) is 9.05. The second-order valence-corrected chi connectivity index (χ2v) is 14.6. The molecule has 5 nitrogen and oxygen atoms in total. The lowest BCUT2D eigenvalue weighted by atomic mass is 10.1. The largest absolute Gasteiger partial charge is 0.307 e. The van der Waals surface area contributed by atoms with E-state index < -0.39 is 0 Å². The molecule has 0 atom stereocenters. The van der Waals surface area contributed by atoms with Crippen LogP contribution < -0.4 is 0 Å². The predicted octanol–water partition coefficient (Wildman–Crippen LogP) is 14.1. The highest BCUT2D eigenvalue weighted by atomic mass is 15.1. The van der Waals surface area contributed by atoms with Crippen LogP contribution in [0.5, 0.6) is 0 Å². The molecule has 280 valence electrons. The molecule has 0 aliphatic heterocycles. The lowest BCUT2D eigenvalue weighted by molar-refractivity contribution is 1.04. The van der Waals surface area contributed by atoms with Crippen LogP contribution in [0.3, 0.4) is 0 Å². The Hall–Kier alpha value is -7.76. The van der Waals surface area contributed by atoms with Crippen molar-refractivity contribution in [1.29, 1.82) is 0 Å². The molecule has 8 aromatic carbocycles. The molecule has 5 heteroatoms. The third kappa shape index (κ3) is 5.32. The van der Waals surface area contributed by atoms with Crippen LogP contribution in [-0.4, -0.2) is 23.7 Å². The van der Waals surface area contributed by atoms with Crippen molar-refractivity contribution >= 4 is 65.4 Å². The number of hydrogen-bond acceptors (Lipinski definition) is 2. The van der Waals surface area contributed by atoms with Gasteiger partial charge in [0, 0.05) is 55.2 Å². The summed E-state index contributed by atoms with van der Waals surface area (Å²) < 4.78 is 7.18. The summed E-state index contributed by atoms with van der Waals surface area (Å²) in [6.45, 7) is 4.00. The molecule has 0 fully saturated rings. The highest BCUT2D eigenvalue weighted by Crippen LogP contribution is 2.43. The van der Waals surface area contributed by atoms with E-state index in [0.29, 0.717) is 5.82 Å². The molecular formula is C54H39N5.